The summed E-state index contributed by atoms with van der Waals surface area (Å²) >= 11 is 0. The van der Waals surface area contributed by atoms with E-state index in [9.17, 15) is 13.2 Å². The van der Waals surface area contributed by atoms with Crippen molar-refractivity contribution in [3.8, 4) is 0 Å². The average molecular weight is 417 g/mol. The van der Waals surface area contributed by atoms with E-state index in [1.807, 2.05) is 24.3 Å². The molecule has 0 saturated carbocycles. The molecule has 5 rings (SSSR count). The summed E-state index contributed by atoms with van der Waals surface area (Å²) < 4.78 is 28.1. The van der Waals surface area contributed by atoms with Gasteiger partial charge in [0.05, 0.1) is 11.0 Å². The molecule has 0 radical (unpaired) electrons. The Bertz CT molecular complexity index is 1390. The molecule has 3 N–H and O–H groups in total. The first-order valence-electron chi connectivity index (χ1n) is 9.07. The number of aromatic amines is 1. The first-order chi connectivity index (χ1) is 14.5. The Kier molecular flexibility index (Phi) is 4.11. The van der Waals surface area contributed by atoms with Crippen LogP contribution in [0.5, 0.6) is 0 Å². The number of anilines is 2. The van der Waals surface area contributed by atoms with Gasteiger partial charge in [0.1, 0.15) is 4.90 Å². The number of nitrogens with one attached hydrogen (secondary N) is 3. The van der Waals surface area contributed by atoms with Crippen molar-refractivity contribution in [2.24, 2.45) is 4.40 Å². The molecule has 9 heteroatoms. The molecule has 1 aromatic heterocycles. The van der Waals surface area contributed by atoms with E-state index in [1.165, 1.54) is 6.07 Å². The molecule has 0 saturated heterocycles. The van der Waals surface area contributed by atoms with Crippen molar-refractivity contribution in [1.82, 2.24) is 9.97 Å². The van der Waals surface area contributed by atoms with Crippen LogP contribution in [0.15, 0.2) is 82.1 Å². The standard InChI is InChI=1S/C21H15N5O3S/c27-20(25-21-23-16-6-2-3-7-17(16)24-21)13-9-11-14(12-10-13)22-19-15-5-1-4-8-18(15)30(28,29)26-19/h1-12H,(H,22,26)(H2,23,24,25,27). The second-order valence-electron chi connectivity index (χ2n) is 6.67. The van der Waals surface area contributed by atoms with Gasteiger partial charge in [-0.05, 0) is 48.5 Å². The summed E-state index contributed by atoms with van der Waals surface area (Å²) in [5, 5.41) is 5.74. The van der Waals surface area contributed by atoms with E-state index in [0.29, 0.717) is 22.8 Å². The highest BCUT2D eigenvalue weighted by Crippen LogP contribution is 2.26. The summed E-state index contributed by atoms with van der Waals surface area (Å²) in [4.78, 5) is 20.0. The molecule has 148 valence electrons. The summed E-state index contributed by atoms with van der Waals surface area (Å²) in [7, 11) is -3.69. The van der Waals surface area contributed by atoms with Gasteiger partial charge in [-0.2, -0.15) is 8.42 Å². The van der Waals surface area contributed by atoms with E-state index >= 15 is 0 Å². The molecule has 30 heavy (non-hydrogen) atoms. The minimum Gasteiger partial charge on any atom is -0.339 e. The SMILES string of the molecule is O=C(Nc1nc2ccccc2[nH]1)c1ccc(NC2=NS(=O)(=O)c3ccccc32)cc1. The summed E-state index contributed by atoms with van der Waals surface area (Å²) in [6, 6.07) is 20.8. The van der Waals surface area contributed by atoms with Crippen molar-refractivity contribution in [2.75, 3.05) is 10.6 Å². The fraction of sp³-hybridized carbons (Fsp3) is 0. The third kappa shape index (κ3) is 3.20. The Balaban J connectivity index is 1.33. The van der Waals surface area contributed by atoms with E-state index in [-0.39, 0.29) is 16.6 Å². The number of carbonyl (C=O) groups is 1. The van der Waals surface area contributed by atoms with Gasteiger partial charge in [0.2, 0.25) is 5.95 Å². The zero-order chi connectivity index (χ0) is 20.7. The van der Waals surface area contributed by atoms with Gasteiger partial charge in [-0.1, -0.05) is 24.3 Å². The number of sulfonamides is 1. The van der Waals surface area contributed by atoms with E-state index in [0.717, 1.165) is 11.0 Å². The smallest absolute Gasteiger partial charge is 0.285 e. The number of rotatable bonds is 3. The zero-order valence-electron chi connectivity index (χ0n) is 15.5. The predicted octanol–water partition coefficient (Wildman–Crippen LogP) is 3.38. The van der Waals surface area contributed by atoms with Gasteiger partial charge in [0.25, 0.3) is 15.9 Å². The zero-order valence-corrected chi connectivity index (χ0v) is 16.3. The van der Waals surface area contributed by atoms with Crippen molar-refractivity contribution in [3.05, 3.63) is 83.9 Å². The Morgan fingerprint density at radius 1 is 0.900 bits per heavy atom. The van der Waals surface area contributed by atoms with E-state index in [1.54, 1.807) is 42.5 Å². The number of nitrogens with zero attached hydrogens (tertiary/aromatic N) is 2. The first-order valence-corrected chi connectivity index (χ1v) is 10.5. The number of aromatic nitrogens is 2. The number of benzene rings is 3. The molecule has 0 fully saturated rings. The normalized spacial score (nSPS) is 14.2. The number of hydrogen-bond acceptors (Lipinski definition) is 5. The summed E-state index contributed by atoms with van der Waals surface area (Å²) in [5.41, 5.74) is 3.16. The molecule has 1 aliphatic rings. The number of imidazole rings is 1. The van der Waals surface area contributed by atoms with E-state index < -0.39 is 10.0 Å². The molecule has 3 aromatic carbocycles. The molecule has 0 unspecified atom stereocenters. The molecule has 1 amide bonds. The van der Waals surface area contributed by atoms with Gasteiger partial charge >= 0.3 is 0 Å². The van der Waals surface area contributed by atoms with Gasteiger partial charge in [0.15, 0.2) is 5.84 Å². The lowest BCUT2D eigenvalue weighted by Gasteiger charge is -2.07. The van der Waals surface area contributed by atoms with Gasteiger partial charge < -0.3 is 10.3 Å². The van der Waals surface area contributed by atoms with E-state index in [2.05, 4.69) is 25.0 Å². The maximum Gasteiger partial charge on any atom is 0.285 e. The monoisotopic (exact) mass is 417 g/mol. The highest BCUT2D eigenvalue weighted by atomic mass is 32.2. The molecule has 0 atom stereocenters. The summed E-state index contributed by atoms with van der Waals surface area (Å²) in [6.45, 7) is 0. The number of fused-ring (bicyclic) bond motifs is 2. The number of amidine groups is 1. The van der Waals surface area contributed by atoms with Crippen LogP contribution in [0.1, 0.15) is 15.9 Å². The van der Waals surface area contributed by atoms with Gasteiger partial charge in [-0.15, -0.1) is 4.40 Å². The molecular weight excluding hydrogens is 402 g/mol. The molecule has 8 nitrogen and oxygen atoms in total. The molecule has 1 aliphatic heterocycles. The van der Waals surface area contributed by atoms with Crippen LogP contribution < -0.4 is 10.6 Å². The summed E-state index contributed by atoms with van der Waals surface area (Å²) in [6.07, 6.45) is 0. The van der Waals surface area contributed by atoms with Crippen LogP contribution in [0.2, 0.25) is 0 Å². The number of hydrogen-bond donors (Lipinski definition) is 3. The van der Waals surface area contributed by atoms with Gasteiger partial charge in [-0.25, -0.2) is 4.98 Å². The lowest BCUT2D eigenvalue weighted by Crippen LogP contribution is -2.14. The van der Waals surface area contributed by atoms with Crippen LogP contribution in [-0.2, 0) is 10.0 Å². The lowest BCUT2D eigenvalue weighted by atomic mass is 10.1. The largest absolute Gasteiger partial charge is 0.339 e. The number of para-hydroxylation sites is 2. The van der Waals surface area contributed by atoms with Crippen LogP contribution in [0, 0.1) is 0 Å². The van der Waals surface area contributed by atoms with Crippen LogP contribution in [-0.4, -0.2) is 30.1 Å². The maximum atomic E-state index is 12.5. The second-order valence-corrected chi connectivity index (χ2v) is 8.24. The summed E-state index contributed by atoms with van der Waals surface area (Å²) in [5.74, 6) is 0.308. The molecule has 2 heterocycles. The topological polar surface area (TPSA) is 116 Å². The Hall–Kier alpha value is -3.98. The average Bonchev–Trinajstić information content (AvgIpc) is 3.26. The fourth-order valence-electron chi connectivity index (χ4n) is 3.23. The van der Waals surface area contributed by atoms with Crippen molar-refractivity contribution < 1.29 is 13.2 Å². The highest BCUT2D eigenvalue weighted by molar-refractivity contribution is 7.90. The van der Waals surface area contributed by atoms with Crippen LogP contribution >= 0.6 is 0 Å². The third-order valence-corrected chi connectivity index (χ3v) is 6.00. The van der Waals surface area contributed by atoms with Crippen LogP contribution in [0.25, 0.3) is 11.0 Å². The van der Waals surface area contributed by atoms with Crippen LogP contribution in [0.3, 0.4) is 0 Å². The van der Waals surface area contributed by atoms with Gasteiger partial charge in [0, 0.05) is 16.8 Å². The molecule has 0 bridgehead atoms. The molecular formula is C21H15N5O3S. The van der Waals surface area contributed by atoms with Gasteiger partial charge in [-0.3, -0.25) is 10.1 Å². The molecule has 4 aromatic rings. The first kappa shape index (κ1) is 18.1. The minimum atomic E-state index is -3.69. The van der Waals surface area contributed by atoms with E-state index in [4.69, 9.17) is 0 Å². The Morgan fingerprint density at radius 3 is 2.43 bits per heavy atom. The second kappa shape index (κ2) is 6.82. The minimum absolute atomic E-state index is 0.175. The third-order valence-electron chi connectivity index (χ3n) is 4.66. The Labute approximate surface area is 171 Å². The Morgan fingerprint density at radius 2 is 1.63 bits per heavy atom. The lowest BCUT2D eigenvalue weighted by molar-refractivity contribution is 0.102. The van der Waals surface area contributed by atoms with Crippen molar-refractivity contribution in [2.45, 2.75) is 4.90 Å². The van der Waals surface area contributed by atoms with Crippen molar-refractivity contribution >= 4 is 44.4 Å². The molecule has 0 aliphatic carbocycles. The fourth-order valence-corrected chi connectivity index (χ4v) is 4.41. The number of H-pyrrole nitrogens is 1. The number of amides is 1. The quantitative estimate of drug-likeness (QED) is 0.473. The molecule has 0 spiro atoms. The number of carbonyl (C=O) groups excluding carboxylic acids is 1. The highest BCUT2D eigenvalue weighted by Gasteiger charge is 2.28. The van der Waals surface area contributed by atoms with Crippen molar-refractivity contribution in [1.29, 1.82) is 0 Å². The van der Waals surface area contributed by atoms with Crippen LogP contribution in [0.4, 0.5) is 11.6 Å². The maximum absolute atomic E-state index is 12.5. The predicted molar refractivity (Wildman–Crippen MR) is 114 cm³/mol. The van der Waals surface area contributed by atoms with Crippen molar-refractivity contribution in [3.63, 3.8) is 0 Å².